The van der Waals surface area contributed by atoms with Gasteiger partial charge in [0, 0.05) is 6.04 Å². The molecule has 4 heteroatoms. The van der Waals surface area contributed by atoms with Gasteiger partial charge in [-0.3, -0.25) is 0 Å². The van der Waals surface area contributed by atoms with Crippen LogP contribution in [0.1, 0.15) is 30.2 Å². The van der Waals surface area contributed by atoms with Crippen molar-refractivity contribution in [1.82, 2.24) is 14.8 Å². The quantitative estimate of drug-likeness (QED) is 0.834. The molecule has 0 unspecified atom stereocenters. The number of aromatic nitrogens is 3. The molecule has 1 heterocycles. The summed E-state index contributed by atoms with van der Waals surface area (Å²) in [5.41, 5.74) is 7.94. The third kappa shape index (κ3) is 1.97. The lowest BCUT2D eigenvalue weighted by Crippen LogP contribution is -2.05. The summed E-state index contributed by atoms with van der Waals surface area (Å²) in [4.78, 5) is 4.27. The highest BCUT2D eigenvalue weighted by Gasteiger charge is 2.05. The maximum absolute atomic E-state index is 5.80. The standard InChI is InChI=1S/C12H16N4/c1-8(13)11-4-6-12(7-5-11)16-10(3)14-9(2)15-16/h4-8H,13H2,1-3H3/t8-/m0/s1. The summed E-state index contributed by atoms with van der Waals surface area (Å²) in [6, 6.07) is 8.14. The zero-order valence-electron chi connectivity index (χ0n) is 9.81. The smallest absolute Gasteiger partial charge is 0.148 e. The topological polar surface area (TPSA) is 56.7 Å². The second kappa shape index (κ2) is 4.06. The normalized spacial score (nSPS) is 12.8. The second-order valence-electron chi connectivity index (χ2n) is 4.00. The molecule has 0 bridgehead atoms. The largest absolute Gasteiger partial charge is 0.324 e. The van der Waals surface area contributed by atoms with Crippen molar-refractivity contribution in [3.8, 4) is 5.69 Å². The molecule has 0 amide bonds. The summed E-state index contributed by atoms with van der Waals surface area (Å²) in [7, 11) is 0. The van der Waals surface area contributed by atoms with E-state index < -0.39 is 0 Å². The van der Waals surface area contributed by atoms with Gasteiger partial charge in [-0.15, -0.1) is 0 Å². The zero-order chi connectivity index (χ0) is 11.7. The molecule has 1 atom stereocenters. The van der Waals surface area contributed by atoms with Crippen molar-refractivity contribution >= 4 is 0 Å². The lowest BCUT2D eigenvalue weighted by molar-refractivity contribution is 0.807. The molecule has 1 aromatic carbocycles. The van der Waals surface area contributed by atoms with E-state index in [9.17, 15) is 0 Å². The maximum Gasteiger partial charge on any atom is 0.148 e. The Morgan fingerprint density at radius 3 is 2.25 bits per heavy atom. The molecular weight excluding hydrogens is 200 g/mol. The van der Waals surface area contributed by atoms with Crippen molar-refractivity contribution in [3.63, 3.8) is 0 Å². The van der Waals surface area contributed by atoms with E-state index in [1.807, 2.05) is 49.7 Å². The predicted octanol–water partition coefficient (Wildman–Crippen LogP) is 1.90. The van der Waals surface area contributed by atoms with Crippen molar-refractivity contribution in [2.75, 3.05) is 0 Å². The van der Waals surface area contributed by atoms with Crippen molar-refractivity contribution in [1.29, 1.82) is 0 Å². The van der Waals surface area contributed by atoms with Crippen LogP contribution < -0.4 is 5.73 Å². The van der Waals surface area contributed by atoms with E-state index in [1.165, 1.54) is 0 Å². The predicted molar refractivity (Wildman–Crippen MR) is 63.4 cm³/mol. The minimum absolute atomic E-state index is 0.0626. The molecule has 16 heavy (non-hydrogen) atoms. The first kappa shape index (κ1) is 10.8. The summed E-state index contributed by atoms with van der Waals surface area (Å²) < 4.78 is 1.83. The summed E-state index contributed by atoms with van der Waals surface area (Å²) in [6.07, 6.45) is 0. The molecule has 4 nitrogen and oxygen atoms in total. The van der Waals surface area contributed by atoms with Crippen molar-refractivity contribution in [2.24, 2.45) is 5.73 Å². The SMILES string of the molecule is Cc1nc(C)n(-c2ccc([C@H](C)N)cc2)n1. The van der Waals surface area contributed by atoms with Gasteiger partial charge in [-0.25, -0.2) is 9.67 Å². The Labute approximate surface area is 95.1 Å². The number of nitrogens with zero attached hydrogens (tertiary/aromatic N) is 3. The molecule has 0 saturated heterocycles. The third-order valence-corrected chi connectivity index (χ3v) is 2.54. The molecule has 0 aliphatic carbocycles. The monoisotopic (exact) mass is 216 g/mol. The first-order valence-electron chi connectivity index (χ1n) is 5.34. The molecule has 0 saturated carbocycles. The van der Waals surface area contributed by atoms with Gasteiger partial charge in [-0.05, 0) is 38.5 Å². The number of aryl methyl sites for hydroxylation is 2. The van der Waals surface area contributed by atoms with Gasteiger partial charge in [-0.2, -0.15) is 5.10 Å². The van der Waals surface area contributed by atoms with Gasteiger partial charge in [0.15, 0.2) is 0 Å². The van der Waals surface area contributed by atoms with Gasteiger partial charge in [0.1, 0.15) is 11.6 Å². The first-order chi connectivity index (χ1) is 7.58. The van der Waals surface area contributed by atoms with Crippen molar-refractivity contribution in [2.45, 2.75) is 26.8 Å². The Morgan fingerprint density at radius 1 is 1.19 bits per heavy atom. The average Bonchev–Trinajstić information content (AvgIpc) is 2.58. The van der Waals surface area contributed by atoms with E-state index in [1.54, 1.807) is 0 Å². The number of benzene rings is 1. The van der Waals surface area contributed by atoms with Crippen LogP contribution >= 0.6 is 0 Å². The number of nitrogens with two attached hydrogens (primary N) is 1. The van der Waals surface area contributed by atoms with E-state index >= 15 is 0 Å². The average molecular weight is 216 g/mol. The summed E-state index contributed by atoms with van der Waals surface area (Å²) in [5.74, 6) is 1.68. The number of hydrogen-bond donors (Lipinski definition) is 1. The Bertz CT molecular complexity index is 482. The first-order valence-corrected chi connectivity index (χ1v) is 5.34. The Balaban J connectivity index is 2.38. The van der Waals surface area contributed by atoms with Crippen LogP contribution in [0, 0.1) is 13.8 Å². The molecule has 0 spiro atoms. The molecule has 0 aliphatic rings. The van der Waals surface area contributed by atoms with Crippen LogP contribution in [0.5, 0.6) is 0 Å². The fourth-order valence-electron chi connectivity index (χ4n) is 1.68. The molecule has 2 rings (SSSR count). The zero-order valence-corrected chi connectivity index (χ0v) is 9.81. The third-order valence-electron chi connectivity index (χ3n) is 2.54. The Kier molecular flexibility index (Phi) is 2.75. The van der Waals surface area contributed by atoms with Crippen LogP contribution in [-0.2, 0) is 0 Å². The van der Waals surface area contributed by atoms with Gasteiger partial charge >= 0.3 is 0 Å². The van der Waals surface area contributed by atoms with E-state index in [0.29, 0.717) is 0 Å². The molecule has 0 radical (unpaired) electrons. The molecule has 84 valence electrons. The Hall–Kier alpha value is -1.68. The molecule has 2 aromatic rings. The minimum atomic E-state index is 0.0626. The highest BCUT2D eigenvalue weighted by atomic mass is 15.3. The minimum Gasteiger partial charge on any atom is -0.324 e. The van der Waals surface area contributed by atoms with E-state index in [4.69, 9.17) is 5.73 Å². The van der Waals surface area contributed by atoms with E-state index in [2.05, 4.69) is 10.1 Å². The van der Waals surface area contributed by atoms with E-state index in [0.717, 1.165) is 22.9 Å². The molecule has 0 aliphatic heterocycles. The fourth-order valence-corrected chi connectivity index (χ4v) is 1.68. The van der Waals surface area contributed by atoms with Gasteiger partial charge < -0.3 is 5.73 Å². The van der Waals surface area contributed by atoms with Crippen LogP contribution in [0.4, 0.5) is 0 Å². The second-order valence-corrected chi connectivity index (χ2v) is 4.00. The molecule has 1 aromatic heterocycles. The maximum atomic E-state index is 5.80. The molecular formula is C12H16N4. The summed E-state index contributed by atoms with van der Waals surface area (Å²) in [5, 5.41) is 4.33. The highest BCUT2D eigenvalue weighted by molar-refractivity contribution is 5.35. The summed E-state index contributed by atoms with van der Waals surface area (Å²) in [6.45, 7) is 5.80. The van der Waals surface area contributed by atoms with Gasteiger partial charge in [-0.1, -0.05) is 12.1 Å². The summed E-state index contributed by atoms with van der Waals surface area (Å²) >= 11 is 0. The van der Waals surface area contributed by atoms with Gasteiger partial charge in [0.05, 0.1) is 5.69 Å². The van der Waals surface area contributed by atoms with Gasteiger partial charge in [0.25, 0.3) is 0 Å². The van der Waals surface area contributed by atoms with Crippen LogP contribution in [-0.4, -0.2) is 14.8 Å². The van der Waals surface area contributed by atoms with Gasteiger partial charge in [0.2, 0.25) is 0 Å². The number of hydrogen-bond acceptors (Lipinski definition) is 3. The van der Waals surface area contributed by atoms with E-state index in [-0.39, 0.29) is 6.04 Å². The fraction of sp³-hybridized carbons (Fsp3) is 0.333. The number of rotatable bonds is 2. The molecule has 2 N–H and O–H groups in total. The van der Waals surface area contributed by atoms with Crippen molar-refractivity contribution < 1.29 is 0 Å². The highest BCUT2D eigenvalue weighted by Crippen LogP contribution is 2.14. The lowest BCUT2D eigenvalue weighted by atomic mass is 10.1. The lowest BCUT2D eigenvalue weighted by Gasteiger charge is -2.07. The van der Waals surface area contributed by atoms with Crippen LogP contribution in [0.3, 0.4) is 0 Å². The van der Waals surface area contributed by atoms with Crippen LogP contribution in [0.15, 0.2) is 24.3 Å². The Morgan fingerprint density at radius 2 is 1.81 bits per heavy atom. The van der Waals surface area contributed by atoms with Crippen LogP contribution in [0.25, 0.3) is 5.69 Å². The van der Waals surface area contributed by atoms with Crippen molar-refractivity contribution in [3.05, 3.63) is 41.5 Å². The molecule has 0 fully saturated rings. The van der Waals surface area contributed by atoms with Crippen LogP contribution in [0.2, 0.25) is 0 Å².